The number of ketones is 1. The topological polar surface area (TPSA) is 35.5 Å². The van der Waals surface area contributed by atoms with Crippen LogP contribution in [0, 0.1) is 11.6 Å². The van der Waals surface area contributed by atoms with Crippen molar-refractivity contribution >= 4 is 23.5 Å². The molecule has 0 fully saturated rings. The zero-order chi connectivity index (χ0) is 15.7. The Morgan fingerprint density at radius 1 is 1.18 bits per heavy atom. The molecule has 2 aromatic carbocycles. The molecule has 0 amide bonds. The molecule has 0 unspecified atom stereocenters. The Balaban J connectivity index is 1.89. The second-order valence-electron chi connectivity index (χ2n) is 4.53. The van der Waals surface area contributed by atoms with E-state index in [4.69, 9.17) is 21.1 Å². The van der Waals surface area contributed by atoms with Crippen LogP contribution in [0.5, 0.6) is 11.5 Å². The minimum absolute atomic E-state index is 0.0710. The predicted octanol–water partition coefficient (Wildman–Crippen LogP) is 4.24. The van der Waals surface area contributed by atoms with Gasteiger partial charge in [0.25, 0.3) is 0 Å². The number of fused-ring (bicyclic) bond motifs is 1. The number of benzene rings is 2. The van der Waals surface area contributed by atoms with E-state index in [9.17, 15) is 13.6 Å². The van der Waals surface area contributed by atoms with Crippen LogP contribution in [0.4, 0.5) is 8.78 Å². The average molecular weight is 323 g/mol. The third kappa shape index (κ3) is 2.67. The lowest BCUT2D eigenvalue weighted by Crippen LogP contribution is -2.02. The molecule has 1 aliphatic heterocycles. The molecule has 0 N–H and O–H groups in total. The summed E-state index contributed by atoms with van der Waals surface area (Å²) in [5, 5.41) is 0.333. The molecule has 0 bridgehead atoms. The van der Waals surface area contributed by atoms with E-state index in [1.165, 1.54) is 12.1 Å². The molecule has 0 atom stereocenters. The van der Waals surface area contributed by atoms with E-state index in [2.05, 4.69) is 0 Å². The van der Waals surface area contributed by atoms with Crippen LogP contribution in [-0.2, 0) is 0 Å². The molecule has 3 rings (SSSR count). The fourth-order valence-electron chi connectivity index (χ4n) is 2.07. The molecule has 112 valence electrons. The highest BCUT2D eigenvalue weighted by Gasteiger charge is 2.18. The molecular formula is C16H9ClF2O3. The lowest BCUT2D eigenvalue weighted by atomic mass is 10.1. The van der Waals surface area contributed by atoms with Crippen molar-refractivity contribution in [1.29, 1.82) is 0 Å². The summed E-state index contributed by atoms with van der Waals surface area (Å²) in [7, 11) is 0. The second kappa shape index (κ2) is 5.77. The first kappa shape index (κ1) is 14.5. The SMILES string of the molecule is O=C(/C=C/c1cc(Cl)c2c(c1)OCO2)c1c(F)cccc1F. The fraction of sp³-hybridized carbons (Fsp3) is 0.0625. The van der Waals surface area contributed by atoms with Gasteiger partial charge < -0.3 is 9.47 Å². The summed E-state index contributed by atoms with van der Waals surface area (Å²) in [6.07, 6.45) is 2.48. The minimum Gasteiger partial charge on any atom is -0.454 e. The normalized spacial score (nSPS) is 12.9. The van der Waals surface area contributed by atoms with Crippen LogP contribution < -0.4 is 9.47 Å². The summed E-state index contributed by atoms with van der Waals surface area (Å²) < 4.78 is 37.4. The maximum Gasteiger partial charge on any atom is 0.231 e. The molecule has 2 aromatic rings. The molecule has 0 aromatic heterocycles. The standard InChI is InChI=1S/C16H9ClF2O3/c17-10-6-9(7-14-16(10)22-8-21-14)4-5-13(20)15-11(18)2-1-3-12(15)19/h1-7H,8H2/b5-4+. The molecular weight excluding hydrogens is 314 g/mol. The molecule has 0 radical (unpaired) electrons. The lowest BCUT2D eigenvalue weighted by molar-refractivity contribution is 0.104. The highest BCUT2D eigenvalue weighted by atomic mass is 35.5. The first-order valence-corrected chi connectivity index (χ1v) is 6.69. The second-order valence-corrected chi connectivity index (χ2v) is 4.94. The molecule has 0 aliphatic carbocycles. The molecule has 3 nitrogen and oxygen atoms in total. The Kier molecular flexibility index (Phi) is 3.81. The van der Waals surface area contributed by atoms with E-state index in [0.717, 1.165) is 18.2 Å². The van der Waals surface area contributed by atoms with Gasteiger partial charge in [-0.15, -0.1) is 0 Å². The van der Waals surface area contributed by atoms with Crippen LogP contribution >= 0.6 is 11.6 Å². The predicted molar refractivity (Wildman–Crippen MR) is 77.3 cm³/mol. The fourth-order valence-corrected chi connectivity index (χ4v) is 2.35. The smallest absolute Gasteiger partial charge is 0.231 e. The number of halogens is 3. The Morgan fingerprint density at radius 3 is 2.64 bits per heavy atom. The molecule has 22 heavy (non-hydrogen) atoms. The summed E-state index contributed by atoms with van der Waals surface area (Å²) >= 11 is 6.01. The van der Waals surface area contributed by atoms with Crippen molar-refractivity contribution in [2.45, 2.75) is 0 Å². The van der Waals surface area contributed by atoms with Crippen LogP contribution in [0.3, 0.4) is 0 Å². The monoisotopic (exact) mass is 322 g/mol. The van der Waals surface area contributed by atoms with Crippen LogP contribution in [-0.4, -0.2) is 12.6 Å². The van der Waals surface area contributed by atoms with Crippen molar-refractivity contribution in [3.05, 3.63) is 64.2 Å². The zero-order valence-corrected chi connectivity index (χ0v) is 11.9. The maximum atomic E-state index is 13.5. The molecule has 0 spiro atoms. The van der Waals surface area contributed by atoms with Gasteiger partial charge in [-0.2, -0.15) is 0 Å². The van der Waals surface area contributed by atoms with Gasteiger partial charge in [-0.05, 0) is 35.9 Å². The van der Waals surface area contributed by atoms with E-state index in [0.29, 0.717) is 22.1 Å². The van der Waals surface area contributed by atoms with Gasteiger partial charge in [0.2, 0.25) is 6.79 Å². The van der Waals surface area contributed by atoms with Gasteiger partial charge >= 0.3 is 0 Å². The maximum absolute atomic E-state index is 13.5. The van der Waals surface area contributed by atoms with E-state index in [1.54, 1.807) is 12.1 Å². The van der Waals surface area contributed by atoms with Gasteiger partial charge in [0, 0.05) is 0 Å². The van der Waals surface area contributed by atoms with Crippen molar-refractivity contribution < 1.29 is 23.0 Å². The average Bonchev–Trinajstić information content (AvgIpc) is 2.94. The first-order chi connectivity index (χ1) is 10.6. The number of carbonyl (C=O) groups excluding carboxylic acids is 1. The van der Waals surface area contributed by atoms with Crippen molar-refractivity contribution in [1.82, 2.24) is 0 Å². The van der Waals surface area contributed by atoms with E-state index >= 15 is 0 Å². The van der Waals surface area contributed by atoms with Gasteiger partial charge in [-0.1, -0.05) is 23.7 Å². The molecule has 6 heteroatoms. The summed E-state index contributed by atoms with van der Waals surface area (Å²) in [5.74, 6) is -1.69. The summed E-state index contributed by atoms with van der Waals surface area (Å²) in [4.78, 5) is 11.9. The summed E-state index contributed by atoms with van der Waals surface area (Å²) in [5.41, 5.74) is -0.0371. The van der Waals surface area contributed by atoms with Gasteiger partial charge in [-0.3, -0.25) is 4.79 Å². The lowest BCUT2D eigenvalue weighted by Gasteiger charge is -2.02. The molecule has 0 saturated carbocycles. The zero-order valence-electron chi connectivity index (χ0n) is 11.1. The summed E-state index contributed by atoms with van der Waals surface area (Å²) in [6, 6.07) is 6.44. The van der Waals surface area contributed by atoms with Crippen LogP contribution in [0.15, 0.2) is 36.4 Å². The quantitative estimate of drug-likeness (QED) is 0.626. The van der Waals surface area contributed by atoms with Crippen molar-refractivity contribution in [2.24, 2.45) is 0 Å². The molecule has 1 heterocycles. The van der Waals surface area contributed by atoms with Crippen LogP contribution in [0.2, 0.25) is 5.02 Å². The number of allylic oxidation sites excluding steroid dienone is 1. The van der Waals surface area contributed by atoms with Crippen molar-refractivity contribution in [2.75, 3.05) is 6.79 Å². The van der Waals surface area contributed by atoms with Gasteiger partial charge in [0.1, 0.15) is 11.6 Å². The Labute approximate surface area is 129 Å². The van der Waals surface area contributed by atoms with E-state index in [-0.39, 0.29) is 6.79 Å². The number of ether oxygens (including phenoxy) is 2. The molecule has 0 saturated heterocycles. The third-order valence-corrected chi connectivity index (χ3v) is 3.37. The Hall–Kier alpha value is -2.40. The summed E-state index contributed by atoms with van der Waals surface area (Å²) in [6.45, 7) is 0.0710. The van der Waals surface area contributed by atoms with Crippen LogP contribution in [0.1, 0.15) is 15.9 Å². The van der Waals surface area contributed by atoms with Gasteiger partial charge in [0.05, 0.1) is 10.6 Å². The molecule has 1 aliphatic rings. The number of hydrogen-bond acceptors (Lipinski definition) is 3. The van der Waals surface area contributed by atoms with Gasteiger partial charge in [0.15, 0.2) is 17.3 Å². The van der Waals surface area contributed by atoms with E-state index in [1.807, 2.05) is 0 Å². The minimum atomic E-state index is -0.904. The van der Waals surface area contributed by atoms with Crippen LogP contribution in [0.25, 0.3) is 6.08 Å². The number of carbonyl (C=O) groups is 1. The number of rotatable bonds is 3. The third-order valence-electron chi connectivity index (χ3n) is 3.09. The van der Waals surface area contributed by atoms with E-state index < -0.39 is 23.0 Å². The highest BCUT2D eigenvalue weighted by Crippen LogP contribution is 2.40. The highest BCUT2D eigenvalue weighted by molar-refractivity contribution is 6.32. The number of hydrogen-bond donors (Lipinski definition) is 0. The largest absolute Gasteiger partial charge is 0.454 e. The van der Waals surface area contributed by atoms with Gasteiger partial charge in [-0.25, -0.2) is 8.78 Å². The Bertz CT molecular complexity index is 767. The first-order valence-electron chi connectivity index (χ1n) is 6.32. The van der Waals surface area contributed by atoms with Crippen molar-refractivity contribution in [3.63, 3.8) is 0 Å². The Morgan fingerprint density at radius 2 is 1.91 bits per heavy atom. The van der Waals surface area contributed by atoms with Crippen molar-refractivity contribution in [3.8, 4) is 11.5 Å².